The molecule has 0 saturated carbocycles. The van der Waals surface area contributed by atoms with Crippen molar-refractivity contribution in [2.45, 2.75) is 38.5 Å². The van der Waals surface area contributed by atoms with Crippen LogP contribution in [-0.4, -0.2) is 46.6 Å². The van der Waals surface area contributed by atoms with E-state index in [9.17, 15) is 14.3 Å². The van der Waals surface area contributed by atoms with Crippen LogP contribution in [0.25, 0.3) is 0 Å². The molecule has 1 amide bonds. The smallest absolute Gasteiger partial charge is 0.256 e. The van der Waals surface area contributed by atoms with Crippen molar-refractivity contribution in [3.05, 3.63) is 59.3 Å². The molecule has 0 spiro atoms. The van der Waals surface area contributed by atoms with E-state index in [1.54, 1.807) is 17.0 Å². The van der Waals surface area contributed by atoms with Gasteiger partial charge in [-0.2, -0.15) is 0 Å². The first-order valence-electron chi connectivity index (χ1n) is 8.86. The van der Waals surface area contributed by atoms with E-state index in [0.717, 1.165) is 23.5 Å². The van der Waals surface area contributed by atoms with Crippen LogP contribution in [0.3, 0.4) is 0 Å². The number of carbonyl (C=O) groups is 1. The highest BCUT2D eigenvalue weighted by Crippen LogP contribution is 2.26. The Bertz CT molecular complexity index is 759. The number of benzene rings is 1. The monoisotopic (exact) mass is 360 g/mol. The van der Waals surface area contributed by atoms with Gasteiger partial charge in [-0.05, 0) is 56.6 Å². The molecule has 3 rings (SSSR count). The van der Waals surface area contributed by atoms with Gasteiger partial charge in [-0.3, -0.25) is 9.69 Å². The largest absolute Gasteiger partial charge is 0.465 e. The second-order valence-corrected chi connectivity index (χ2v) is 7.17. The molecule has 140 valence electrons. The Kier molecular flexibility index (Phi) is 5.44. The van der Waals surface area contributed by atoms with Crippen LogP contribution in [0.2, 0.25) is 0 Å². The summed E-state index contributed by atoms with van der Waals surface area (Å²) in [6.07, 6.45) is 1.17. The normalized spacial score (nSPS) is 20.8. The van der Waals surface area contributed by atoms with Gasteiger partial charge in [0.2, 0.25) is 0 Å². The molecule has 1 aromatic carbocycles. The summed E-state index contributed by atoms with van der Waals surface area (Å²) in [4.78, 5) is 16.4. The van der Waals surface area contributed by atoms with Crippen molar-refractivity contribution in [2.75, 3.05) is 20.1 Å². The first kappa shape index (κ1) is 18.6. The highest BCUT2D eigenvalue weighted by Gasteiger charge is 2.42. The molecule has 1 atom stereocenters. The topological polar surface area (TPSA) is 56.9 Å². The summed E-state index contributed by atoms with van der Waals surface area (Å²) in [5, 5.41) is 11.0. The number of hydrogen-bond donors (Lipinski definition) is 1. The van der Waals surface area contributed by atoms with Crippen LogP contribution in [0.15, 0.2) is 40.8 Å². The Labute approximate surface area is 153 Å². The Morgan fingerprint density at radius 1 is 1.27 bits per heavy atom. The Balaban J connectivity index is 1.64. The molecule has 2 heterocycles. The molecule has 1 aliphatic heterocycles. The number of aryl methyl sites for hydroxylation is 1. The summed E-state index contributed by atoms with van der Waals surface area (Å²) < 4.78 is 18.6. The van der Waals surface area contributed by atoms with Gasteiger partial charge in [-0.15, -0.1) is 0 Å². The quantitative estimate of drug-likeness (QED) is 0.861. The minimum atomic E-state index is -1.41. The van der Waals surface area contributed by atoms with Crippen molar-refractivity contribution in [2.24, 2.45) is 0 Å². The van der Waals surface area contributed by atoms with Crippen LogP contribution in [0.5, 0.6) is 0 Å². The van der Waals surface area contributed by atoms with Crippen LogP contribution in [0.1, 0.15) is 29.9 Å². The van der Waals surface area contributed by atoms with Crippen molar-refractivity contribution in [3.63, 3.8) is 0 Å². The fourth-order valence-electron chi connectivity index (χ4n) is 3.51. The van der Waals surface area contributed by atoms with Crippen LogP contribution < -0.4 is 0 Å². The first-order valence-corrected chi connectivity index (χ1v) is 8.86. The Hall–Kier alpha value is -2.18. The number of hydrogen-bond acceptors (Lipinski definition) is 4. The molecule has 0 aliphatic carbocycles. The maximum atomic E-state index is 13.1. The summed E-state index contributed by atoms with van der Waals surface area (Å²) in [5.41, 5.74) is -0.558. The predicted molar refractivity (Wildman–Crippen MR) is 95.8 cm³/mol. The number of furan rings is 1. The summed E-state index contributed by atoms with van der Waals surface area (Å²) in [7, 11) is 1.86. The number of carbonyl (C=O) groups excluding carboxylic acids is 1. The lowest BCUT2D eigenvalue weighted by atomic mass is 9.90. The van der Waals surface area contributed by atoms with Gasteiger partial charge in [-0.1, -0.05) is 12.1 Å². The fourth-order valence-corrected chi connectivity index (χ4v) is 3.51. The molecule has 0 radical (unpaired) electrons. The Morgan fingerprint density at radius 3 is 2.65 bits per heavy atom. The van der Waals surface area contributed by atoms with Gasteiger partial charge in [0, 0.05) is 19.6 Å². The van der Waals surface area contributed by atoms with Gasteiger partial charge >= 0.3 is 0 Å². The minimum Gasteiger partial charge on any atom is -0.465 e. The molecule has 1 N–H and O–H groups in total. The second kappa shape index (κ2) is 7.60. The maximum Gasteiger partial charge on any atom is 0.256 e. The number of amides is 1. The number of nitrogens with zero attached hydrogens (tertiary/aromatic N) is 2. The van der Waals surface area contributed by atoms with Crippen molar-refractivity contribution in [3.8, 4) is 0 Å². The molecule has 0 bridgehead atoms. The lowest BCUT2D eigenvalue weighted by Gasteiger charge is -2.40. The van der Waals surface area contributed by atoms with E-state index in [1.807, 2.05) is 31.0 Å². The summed E-state index contributed by atoms with van der Waals surface area (Å²) in [5.74, 6) is 1.08. The van der Waals surface area contributed by atoms with E-state index in [0.29, 0.717) is 26.1 Å². The zero-order valence-corrected chi connectivity index (χ0v) is 15.2. The predicted octanol–water partition coefficient (Wildman–Crippen LogP) is 2.71. The molecule has 5 nitrogen and oxygen atoms in total. The third-order valence-electron chi connectivity index (χ3n) is 4.74. The van der Waals surface area contributed by atoms with E-state index in [-0.39, 0.29) is 18.3 Å². The van der Waals surface area contributed by atoms with E-state index in [2.05, 4.69) is 0 Å². The zero-order valence-electron chi connectivity index (χ0n) is 15.2. The van der Waals surface area contributed by atoms with E-state index in [1.165, 1.54) is 12.1 Å². The number of halogens is 1. The zero-order chi connectivity index (χ0) is 18.7. The van der Waals surface area contributed by atoms with E-state index in [4.69, 9.17) is 4.42 Å². The Morgan fingerprint density at radius 2 is 2.00 bits per heavy atom. The molecule has 1 fully saturated rings. The summed E-state index contributed by atoms with van der Waals surface area (Å²) in [6, 6.07) is 9.90. The lowest BCUT2D eigenvalue weighted by Crippen LogP contribution is -2.57. The number of rotatable bonds is 6. The highest BCUT2D eigenvalue weighted by atomic mass is 19.1. The third kappa shape index (κ3) is 4.31. The molecule has 6 heteroatoms. The average Bonchev–Trinajstić information content (AvgIpc) is 2.98. The van der Waals surface area contributed by atoms with Gasteiger partial charge in [0.25, 0.3) is 5.91 Å². The first-order chi connectivity index (χ1) is 12.4. The maximum absolute atomic E-state index is 13.1. The fraction of sp³-hybridized carbons (Fsp3) is 0.450. The second-order valence-electron chi connectivity index (χ2n) is 7.17. The van der Waals surface area contributed by atoms with Gasteiger partial charge in [0.1, 0.15) is 17.3 Å². The van der Waals surface area contributed by atoms with Gasteiger partial charge < -0.3 is 14.4 Å². The summed E-state index contributed by atoms with van der Waals surface area (Å²) >= 11 is 0. The van der Waals surface area contributed by atoms with Crippen molar-refractivity contribution < 1.29 is 18.7 Å². The van der Waals surface area contributed by atoms with Crippen molar-refractivity contribution in [1.82, 2.24) is 9.80 Å². The van der Waals surface area contributed by atoms with E-state index < -0.39 is 5.60 Å². The van der Waals surface area contributed by atoms with Crippen LogP contribution >= 0.6 is 0 Å². The molecule has 1 aliphatic rings. The number of piperidine rings is 1. The summed E-state index contributed by atoms with van der Waals surface area (Å²) in [6.45, 7) is 3.63. The average molecular weight is 360 g/mol. The molecular weight excluding hydrogens is 335 g/mol. The molecule has 1 unspecified atom stereocenters. The van der Waals surface area contributed by atoms with Crippen LogP contribution in [0, 0.1) is 12.7 Å². The molecule has 1 saturated heterocycles. The number of aliphatic hydroxyl groups is 1. The molecular formula is C20H25FN2O3. The van der Waals surface area contributed by atoms with Gasteiger partial charge in [-0.25, -0.2) is 4.39 Å². The minimum absolute atomic E-state index is 0.242. The SMILES string of the molecule is Cc1ccc(CN(C)CC2(O)CCCN(Cc3ccc(F)cc3)C2=O)o1. The van der Waals surface area contributed by atoms with Gasteiger partial charge in [0.05, 0.1) is 6.54 Å². The number of likely N-dealkylation sites (N-methyl/N-ethyl adjacent to an activating group) is 1. The molecule has 1 aromatic heterocycles. The molecule has 26 heavy (non-hydrogen) atoms. The van der Waals surface area contributed by atoms with E-state index >= 15 is 0 Å². The van der Waals surface area contributed by atoms with Crippen molar-refractivity contribution in [1.29, 1.82) is 0 Å². The van der Waals surface area contributed by atoms with Crippen LogP contribution in [-0.2, 0) is 17.9 Å². The third-order valence-corrected chi connectivity index (χ3v) is 4.74. The molecule has 2 aromatic rings. The highest BCUT2D eigenvalue weighted by molar-refractivity contribution is 5.86. The van der Waals surface area contributed by atoms with Crippen molar-refractivity contribution >= 4 is 5.91 Å². The number of likely N-dealkylation sites (tertiary alicyclic amines) is 1. The lowest BCUT2D eigenvalue weighted by molar-refractivity contribution is -0.160. The standard InChI is InChI=1S/C20H25FN2O3/c1-15-4-9-18(26-15)13-22(2)14-20(25)10-3-11-23(19(20)24)12-16-5-7-17(21)8-6-16/h4-9,25H,3,10-14H2,1-2H3. The van der Waals surface area contributed by atoms with Crippen LogP contribution in [0.4, 0.5) is 4.39 Å². The van der Waals surface area contributed by atoms with Gasteiger partial charge in [0.15, 0.2) is 5.60 Å².